The molecule has 3 rings (SSSR count). The Labute approximate surface area is 101 Å². The summed E-state index contributed by atoms with van der Waals surface area (Å²) in [5, 5.41) is 1.19. The first-order chi connectivity index (χ1) is 8.24. The van der Waals surface area contributed by atoms with E-state index in [2.05, 4.69) is 50.2 Å². The predicted octanol–water partition coefficient (Wildman–Crippen LogP) is 4.72. The number of hydrogen-bond acceptors (Lipinski definition) is 1. The summed E-state index contributed by atoms with van der Waals surface area (Å²) in [4.78, 5) is 0. The third-order valence-corrected chi connectivity index (χ3v) is 3.09. The van der Waals surface area contributed by atoms with E-state index in [9.17, 15) is 0 Å². The van der Waals surface area contributed by atoms with Crippen molar-refractivity contribution in [2.75, 3.05) is 0 Å². The molecule has 0 amide bonds. The Kier molecular flexibility index (Phi) is 2.25. The third kappa shape index (κ3) is 1.74. The Morgan fingerprint density at radius 2 is 1.53 bits per heavy atom. The minimum atomic E-state index is 0.950. The number of furan rings is 1. The number of hydrogen-bond donors (Lipinski definition) is 0. The highest BCUT2D eigenvalue weighted by molar-refractivity contribution is 5.94. The number of benzene rings is 2. The Hall–Kier alpha value is -2.02. The van der Waals surface area contributed by atoms with E-state index in [0.717, 1.165) is 5.58 Å². The lowest BCUT2D eigenvalue weighted by Gasteiger charge is -2.00. The van der Waals surface area contributed by atoms with Crippen LogP contribution in [0.25, 0.3) is 22.1 Å². The van der Waals surface area contributed by atoms with Crippen molar-refractivity contribution in [3.8, 4) is 11.1 Å². The van der Waals surface area contributed by atoms with Crippen LogP contribution in [0.3, 0.4) is 0 Å². The van der Waals surface area contributed by atoms with Crippen LogP contribution in [0.15, 0.2) is 53.1 Å². The van der Waals surface area contributed by atoms with Crippen molar-refractivity contribution >= 4 is 11.0 Å². The van der Waals surface area contributed by atoms with E-state index in [1.807, 2.05) is 12.3 Å². The summed E-state index contributed by atoms with van der Waals surface area (Å²) in [6, 6.07) is 14.8. The summed E-state index contributed by atoms with van der Waals surface area (Å²) in [5.74, 6) is 0. The highest BCUT2D eigenvalue weighted by atomic mass is 16.3. The zero-order chi connectivity index (χ0) is 11.8. The van der Waals surface area contributed by atoms with Gasteiger partial charge in [0.15, 0.2) is 0 Å². The van der Waals surface area contributed by atoms with Crippen molar-refractivity contribution in [2.45, 2.75) is 13.8 Å². The normalized spacial score (nSPS) is 10.9. The standard InChI is InChI=1S/C16H14O/c1-11-3-6-13(7-4-11)15-10-17-16-8-5-12(2)9-14(15)16/h3-10H,1-2H3. The van der Waals surface area contributed by atoms with Crippen LogP contribution < -0.4 is 0 Å². The predicted molar refractivity (Wildman–Crippen MR) is 71.1 cm³/mol. The van der Waals surface area contributed by atoms with Gasteiger partial charge in [0.05, 0.1) is 6.26 Å². The second kappa shape index (κ2) is 3.77. The second-order valence-corrected chi connectivity index (χ2v) is 4.52. The molecule has 0 bridgehead atoms. The van der Waals surface area contributed by atoms with Gasteiger partial charge in [-0.1, -0.05) is 41.5 Å². The molecule has 0 aliphatic carbocycles. The number of rotatable bonds is 1. The molecule has 1 heterocycles. The van der Waals surface area contributed by atoms with Crippen molar-refractivity contribution in [1.29, 1.82) is 0 Å². The minimum absolute atomic E-state index is 0.950. The first-order valence-electron chi connectivity index (χ1n) is 5.79. The summed E-state index contributed by atoms with van der Waals surface area (Å²) < 4.78 is 5.59. The lowest BCUT2D eigenvalue weighted by molar-refractivity contribution is 0.617. The van der Waals surface area contributed by atoms with Crippen molar-refractivity contribution in [3.05, 3.63) is 59.9 Å². The molecular formula is C16H14O. The van der Waals surface area contributed by atoms with Gasteiger partial charge in [-0.2, -0.15) is 0 Å². The molecular weight excluding hydrogens is 208 g/mol. The largest absolute Gasteiger partial charge is 0.464 e. The Morgan fingerprint density at radius 1 is 0.824 bits per heavy atom. The van der Waals surface area contributed by atoms with E-state index in [4.69, 9.17) is 4.42 Å². The molecule has 0 unspecified atom stereocenters. The third-order valence-electron chi connectivity index (χ3n) is 3.09. The van der Waals surface area contributed by atoms with Crippen LogP contribution in [0.5, 0.6) is 0 Å². The van der Waals surface area contributed by atoms with Gasteiger partial charge in [0, 0.05) is 10.9 Å². The Bertz CT molecular complexity index is 660. The fourth-order valence-electron chi connectivity index (χ4n) is 2.10. The summed E-state index contributed by atoms with van der Waals surface area (Å²) in [7, 11) is 0. The maximum absolute atomic E-state index is 5.59. The fourth-order valence-corrected chi connectivity index (χ4v) is 2.10. The zero-order valence-corrected chi connectivity index (χ0v) is 10.0. The van der Waals surface area contributed by atoms with Crippen LogP contribution in [-0.2, 0) is 0 Å². The fraction of sp³-hybridized carbons (Fsp3) is 0.125. The van der Waals surface area contributed by atoms with Crippen LogP contribution in [0.2, 0.25) is 0 Å². The highest BCUT2D eigenvalue weighted by Gasteiger charge is 2.07. The molecule has 0 N–H and O–H groups in total. The molecule has 1 heteroatoms. The summed E-state index contributed by atoms with van der Waals surface area (Å²) in [6.07, 6.45) is 1.84. The van der Waals surface area contributed by atoms with Crippen molar-refractivity contribution < 1.29 is 4.42 Å². The van der Waals surface area contributed by atoms with Crippen LogP contribution in [0, 0.1) is 13.8 Å². The van der Waals surface area contributed by atoms with Crippen molar-refractivity contribution in [3.63, 3.8) is 0 Å². The van der Waals surface area contributed by atoms with Crippen LogP contribution >= 0.6 is 0 Å². The van der Waals surface area contributed by atoms with E-state index in [1.54, 1.807) is 0 Å². The van der Waals surface area contributed by atoms with Gasteiger partial charge in [0.1, 0.15) is 5.58 Å². The molecule has 0 spiro atoms. The van der Waals surface area contributed by atoms with Crippen LogP contribution in [0.1, 0.15) is 11.1 Å². The lowest BCUT2D eigenvalue weighted by Crippen LogP contribution is -1.77. The topological polar surface area (TPSA) is 13.1 Å². The van der Waals surface area contributed by atoms with E-state index >= 15 is 0 Å². The molecule has 17 heavy (non-hydrogen) atoms. The van der Waals surface area contributed by atoms with Gasteiger partial charge in [-0.05, 0) is 31.5 Å². The molecule has 3 aromatic rings. The van der Waals surface area contributed by atoms with E-state index in [0.29, 0.717) is 0 Å². The molecule has 0 atom stereocenters. The molecule has 0 saturated carbocycles. The molecule has 84 valence electrons. The molecule has 1 nitrogen and oxygen atoms in total. The quantitative estimate of drug-likeness (QED) is 0.580. The molecule has 0 aliphatic heterocycles. The number of fused-ring (bicyclic) bond motifs is 1. The molecule has 0 aliphatic rings. The monoisotopic (exact) mass is 222 g/mol. The lowest BCUT2D eigenvalue weighted by atomic mass is 10.0. The van der Waals surface area contributed by atoms with Gasteiger partial charge in [-0.15, -0.1) is 0 Å². The molecule has 2 aromatic carbocycles. The van der Waals surface area contributed by atoms with E-state index in [1.165, 1.54) is 27.6 Å². The second-order valence-electron chi connectivity index (χ2n) is 4.52. The van der Waals surface area contributed by atoms with Gasteiger partial charge in [0.25, 0.3) is 0 Å². The van der Waals surface area contributed by atoms with Crippen molar-refractivity contribution in [2.24, 2.45) is 0 Å². The Morgan fingerprint density at radius 3 is 2.29 bits per heavy atom. The van der Waals surface area contributed by atoms with E-state index < -0.39 is 0 Å². The summed E-state index contributed by atoms with van der Waals surface area (Å²) >= 11 is 0. The first kappa shape index (κ1) is 10.2. The molecule has 0 fully saturated rings. The minimum Gasteiger partial charge on any atom is -0.464 e. The highest BCUT2D eigenvalue weighted by Crippen LogP contribution is 2.31. The van der Waals surface area contributed by atoms with Gasteiger partial charge in [-0.3, -0.25) is 0 Å². The number of aryl methyl sites for hydroxylation is 2. The smallest absolute Gasteiger partial charge is 0.134 e. The molecule has 0 radical (unpaired) electrons. The molecule has 0 saturated heterocycles. The van der Waals surface area contributed by atoms with Gasteiger partial charge in [-0.25, -0.2) is 0 Å². The zero-order valence-electron chi connectivity index (χ0n) is 10.0. The first-order valence-corrected chi connectivity index (χ1v) is 5.79. The van der Waals surface area contributed by atoms with Gasteiger partial charge < -0.3 is 4.42 Å². The van der Waals surface area contributed by atoms with Crippen LogP contribution in [0.4, 0.5) is 0 Å². The maximum Gasteiger partial charge on any atom is 0.134 e. The molecule has 1 aromatic heterocycles. The summed E-state index contributed by atoms with van der Waals surface area (Å²) in [5.41, 5.74) is 5.86. The average molecular weight is 222 g/mol. The Balaban J connectivity index is 2.23. The van der Waals surface area contributed by atoms with Gasteiger partial charge >= 0.3 is 0 Å². The summed E-state index contributed by atoms with van der Waals surface area (Å²) in [6.45, 7) is 4.20. The van der Waals surface area contributed by atoms with E-state index in [-0.39, 0.29) is 0 Å². The average Bonchev–Trinajstić information content (AvgIpc) is 2.73. The maximum atomic E-state index is 5.59. The van der Waals surface area contributed by atoms with Crippen molar-refractivity contribution in [1.82, 2.24) is 0 Å². The van der Waals surface area contributed by atoms with Gasteiger partial charge in [0.2, 0.25) is 0 Å². The van der Waals surface area contributed by atoms with Crippen LogP contribution in [-0.4, -0.2) is 0 Å². The SMILES string of the molecule is Cc1ccc(-c2coc3ccc(C)cc23)cc1.